The molecule has 0 N–H and O–H groups in total. The SMILES string of the molecule is CC(C)[Si]1(C(C)C)OCC2CCC(=O)C2O[Si](C(C)C)(C(C)C)O1. The standard InChI is InChI=1S/C18H36O4Si2/c1-12(2)23(13(3)4)20-11-16-9-10-17(19)18(16)21-24(22-23,14(5)6)15(7)8/h12-16,18H,9-11H2,1-8H3. The highest BCUT2D eigenvalue weighted by Crippen LogP contribution is 2.47. The Morgan fingerprint density at radius 3 is 1.83 bits per heavy atom. The van der Waals surface area contributed by atoms with Crippen LogP contribution in [0.3, 0.4) is 0 Å². The second-order valence-corrected chi connectivity index (χ2v) is 17.6. The third kappa shape index (κ3) is 3.32. The van der Waals surface area contributed by atoms with Crippen molar-refractivity contribution in [1.82, 2.24) is 0 Å². The van der Waals surface area contributed by atoms with E-state index in [1.54, 1.807) is 0 Å². The van der Waals surface area contributed by atoms with Crippen LogP contribution in [0.1, 0.15) is 68.2 Å². The molecule has 0 radical (unpaired) electrons. The van der Waals surface area contributed by atoms with Gasteiger partial charge in [-0.1, -0.05) is 55.4 Å². The fraction of sp³-hybridized carbons (Fsp3) is 0.944. The summed E-state index contributed by atoms with van der Waals surface area (Å²) in [5, 5.41) is 0. The average molecular weight is 373 g/mol. The molecule has 1 aliphatic heterocycles. The first-order valence-electron chi connectivity index (χ1n) is 9.61. The van der Waals surface area contributed by atoms with E-state index in [0.717, 1.165) is 6.42 Å². The van der Waals surface area contributed by atoms with E-state index < -0.39 is 17.1 Å². The third-order valence-electron chi connectivity index (χ3n) is 5.88. The van der Waals surface area contributed by atoms with E-state index in [9.17, 15) is 4.79 Å². The normalized spacial score (nSPS) is 30.1. The van der Waals surface area contributed by atoms with Crippen LogP contribution in [0.25, 0.3) is 0 Å². The zero-order valence-electron chi connectivity index (χ0n) is 16.7. The lowest BCUT2D eigenvalue weighted by atomic mass is 10.1. The van der Waals surface area contributed by atoms with Gasteiger partial charge in [0, 0.05) is 18.9 Å². The molecule has 0 aromatic rings. The van der Waals surface area contributed by atoms with Gasteiger partial charge in [0.25, 0.3) is 0 Å². The number of carbonyl (C=O) groups is 1. The number of hydrogen-bond donors (Lipinski definition) is 0. The van der Waals surface area contributed by atoms with Gasteiger partial charge in [-0.3, -0.25) is 4.79 Å². The van der Waals surface area contributed by atoms with E-state index in [-0.39, 0.29) is 28.9 Å². The zero-order valence-corrected chi connectivity index (χ0v) is 18.7. The van der Waals surface area contributed by atoms with Crippen molar-refractivity contribution < 1.29 is 17.8 Å². The fourth-order valence-corrected chi connectivity index (χ4v) is 15.6. The summed E-state index contributed by atoms with van der Waals surface area (Å²) in [6.07, 6.45) is 1.20. The van der Waals surface area contributed by atoms with E-state index in [1.165, 1.54) is 0 Å². The van der Waals surface area contributed by atoms with E-state index in [1.807, 2.05) is 0 Å². The van der Waals surface area contributed by atoms with E-state index in [4.69, 9.17) is 13.0 Å². The molecule has 0 bridgehead atoms. The van der Waals surface area contributed by atoms with E-state index >= 15 is 0 Å². The minimum atomic E-state index is -2.59. The molecular formula is C18H36O4Si2. The van der Waals surface area contributed by atoms with Crippen molar-refractivity contribution in [2.75, 3.05) is 6.61 Å². The summed E-state index contributed by atoms with van der Waals surface area (Å²) in [6.45, 7) is 18.3. The first-order chi connectivity index (χ1) is 11.1. The highest BCUT2D eigenvalue weighted by Gasteiger charge is 2.60. The lowest BCUT2D eigenvalue weighted by Gasteiger charge is -2.51. The molecule has 24 heavy (non-hydrogen) atoms. The van der Waals surface area contributed by atoms with E-state index in [0.29, 0.717) is 24.1 Å². The van der Waals surface area contributed by atoms with Crippen molar-refractivity contribution in [3.63, 3.8) is 0 Å². The van der Waals surface area contributed by atoms with Gasteiger partial charge in [-0.25, -0.2) is 0 Å². The first kappa shape index (κ1) is 20.3. The third-order valence-corrected chi connectivity index (χ3v) is 16.1. The summed E-state index contributed by atoms with van der Waals surface area (Å²) in [5.74, 6) is 0.448. The van der Waals surface area contributed by atoms with Crippen molar-refractivity contribution in [3.8, 4) is 0 Å². The molecule has 2 atom stereocenters. The number of ketones is 1. The maximum absolute atomic E-state index is 12.4. The largest absolute Gasteiger partial charge is 0.414 e. The van der Waals surface area contributed by atoms with Gasteiger partial charge in [0.1, 0.15) is 6.10 Å². The highest BCUT2D eigenvalue weighted by molar-refractivity contribution is 6.84. The van der Waals surface area contributed by atoms with Crippen LogP contribution in [0.15, 0.2) is 0 Å². The van der Waals surface area contributed by atoms with Gasteiger partial charge in [0.05, 0.1) is 0 Å². The summed E-state index contributed by atoms with van der Waals surface area (Å²) in [6, 6.07) is 0. The summed E-state index contributed by atoms with van der Waals surface area (Å²) < 4.78 is 20.4. The number of rotatable bonds is 4. The molecule has 6 heteroatoms. The zero-order chi connectivity index (χ0) is 18.3. The summed E-state index contributed by atoms with van der Waals surface area (Å²) >= 11 is 0. The maximum atomic E-state index is 12.4. The molecule has 1 saturated carbocycles. The molecule has 0 spiro atoms. The fourth-order valence-electron chi connectivity index (χ4n) is 4.37. The number of carbonyl (C=O) groups excluding carboxylic acids is 1. The predicted molar refractivity (Wildman–Crippen MR) is 102 cm³/mol. The Bertz CT molecular complexity index is 446. The van der Waals surface area contributed by atoms with Crippen LogP contribution in [-0.4, -0.2) is 35.6 Å². The topological polar surface area (TPSA) is 44.8 Å². The van der Waals surface area contributed by atoms with Gasteiger partial charge in [0.15, 0.2) is 5.78 Å². The Labute approximate surface area is 150 Å². The molecule has 0 amide bonds. The van der Waals surface area contributed by atoms with E-state index in [2.05, 4.69) is 55.4 Å². The highest BCUT2D eigenvalue weighted by atomic mass is 28.5. The molecule has 2 aliphatic rings. The predicted octanol–water partition coefficient (Wildman–Crippen LogP) is 4.92. The molecule has 0 aromatic heterocycles. The Morgan fingerprint density at radius 2 is 1.38 bits per heavy atom. The molecule has 2 rings (SSSR count). The van der Waals surface area contributed by atoms with Crippen molar-refractivity contribution in [2.24, 2.45) is 5.92 Å². The van der Waals surface area contributed by atoms with Crippen molar-refractivity contribution >= 4 is 22.9 Å². The van der Waals surface area contributed by atoms with Gasteiger partial charge in [-0.05, 0) is 28.6 Å². The Balaban J connectivity index is 2.53. The van der Waals surface area contributed by atoms with Crippen LogP contribution in [0, 0.1) is 5.92 Å². The Morgan fingerprint density at radius 1 is 0.875 bits per heavy atom. The molecule has 2 fully saturated rings. The van der Waals surface area contributed by atoms with Crippen LogP contribution in [0.5, 0.6) is 0 Å². The van der Waals surface area contributed by atoms with Gasteiger partial charge >= 0.3 is 17.1 Å². The van der Waals surface area contributed by atoms with Crippen LogP contribution >= 0.6 is 0 Å². The van der Waals surface area contributed by atoms with Crippen molar-refractivity contribution in [2.45, 2.75) is 96.5 Å². The molecule has 1 saturated heterocycles. The number of fused-ring (bicyclic) bond motifs is 1. The molecule has 0 aromatic carbocycles. The summed E-state index contributed by atoms with van der Waals surface area (Å²) in [7, 11) is -5.03. The summed E-state index contributed by atoms with van der Waals surface area (Å²) in [5.41, 5.74) is 1.30. The molecule has 1 aliphatic carbocycles. The van der Waals surface area contributed by atoms with Gasteiger partial charge in [0.2, 0.25) is 0 Å². The number of hydrogen-bond acceptors (Lipinski definition) is 4. The maximum Gasteiger partial charge on any atom is 0.335 e. The van der Waals surface area contributed by atoms with Crippen LogP contribution < -0.4 is 0 Å². The average Bonchev–Trinajstić information content (AvgIpc) is 2.77. The quantitative estimate of drug-likeness (QED) is 0.657. The smallest absolute Gasteiger partial charge is 0.335 e. The summed E-state index contributed by atoms with van der Waals surface area (Å²) in [4.78, 5) is 12.4. The van der Waals surface area contributed by atoms with Crippen molar-refractivity contribution in [1.29, 1.82) is 0 Å². The lowest BCUT2D eigenvalue weighted by Crippen LogP contribution is -2.64. The molecule has 140 valence electrons. The first-order valence-corrected chi connectivity index (χ1v) is 13.6. The Kier molecular flexibility index (Phi) is 6.18. The monoisotopic (exact) mass is 372 g/mol. The lowest BCUT2D eigenvalue weighted by molar-refractivity contribution is -0.126. The minimum Gasteiger partial charge on any atom is -0.414 e. The van der Waals surface area contributed by atoms with Gasteiger partial charge in [-0.2, -0.15) is 0 Å². The van der Waals surface area contributed by atoms with Crippen LogP contribution in [0.4, 0.5) is 0 Å². The number of Topliss-reactive ketones (excluding diaryl/α,β-unsaturated/α-hetero) is 1. The van der Waals surface area contributed by atoms with Crippen LogP contribution in [-0.2, 0) is 17.8 Å². The van der Waals surface area contributed by atoms with Crippen LogP contribution in [0.2, 0.25) is 22.2 Å². The molecule has 2 unspecified atom stereocenters. The molecule has 1 heterocycles. The van der Waals surface area contributed by atoms with Gasteiger partial charge in [-0.15, -0.1) is 0 Å². The minimum absolute atomic E-state index is 0.204. The van der Waals surface area contributed by atoms with Crippen molar-refractivity contribution in [3.05, 3.63) is 0 Å². The second-order valence-electron chi connectivity index (χ2n) is 8.78. The molecule has 4 nitrogen and oxygen atoms in total. The second kappa shape index (κ2) is 7.31. The molecular weight excluding hydrogens is 336 g/mol. The Hall–Kier alpha value is -0.0162. The van der Waals surface area contributed by atoms with Gasteiger partial charge < -0.3 is 13.0 Å².